The molecular weight excluding hydrogens is 200 g/mol. The molecule has 0 aliphatic carbocycles. The fourth-order valence-corrected chi connectivity index (χ4v) is 1.91. The first-order valence-corrected chi connectivity index (χ1v) is 5.31. The summed E-state index contributed by atoms with van der Waals surface area (Å²) in [5.41, 5.74) is 0.715. The molecule has 4 heteroatoms. The van der Waals surface area contributed by atoms with E-state index in [1.807, 2.05) is 6.92 Å². The molecule has 1 rings (SSSR count). The second kappa shape index (κ2) is 4.80. The molecule has 0 radical (unpaired) electrons. The molecule has 80 valence electrons. The van der Waals surface area contributed by atoms with Crippen LogP contribution in [0.3, 0.4) is 0 Å². The van der Waals surface area contributed by atoms with Gasteiger partial charge in [-0.1, -0.05) is 31.9 Å². The Labute approximate surface area is 89.7 Å². The summed E-state index contributed by atoms with van der Waals surface area (Å²) >= 11 is 5.94. The molecule has 1 aromatic rings. The molecule has 3 nitrogen and oxygen atoms in total. The Morgan fingerprint density at radius 1 is 1.64 bits per heavy atom. The van der Waals surface area contributed by atoms with Gasteiger partial charge >= 0.3 is 0 Å². The fourth-order valence-electron chi connectivity index (χ4n) is 1.64. The second-order valence-electron chi connectivity index (χ2n) is 3.71. The fraction of sp³-hybridized carbons (Fsp3) is 0.700. The number of aryl methyl sites for hydroxylation is 1. The summed E-state index contributed by atoms with van der Waals surface area (Å²) in [5.74, 6) is 0.216. The molecule has 0 aliphatic heterocycles. The Morgan fingerprint density at radius 3 is 2.71 bits per heavy atom. The van der Waals surface area contributed by atoms with E-state index in [2.05, 4.69) is 12.0 Å². The van der Waals surface area contributed by atoms with Crippen LogP contribution in [-0.4, -0.2) is 14.9 Å². The maximum atomic E-state index is 10.0. The first-order chi connectivity index (χ1) is 6.57. The minimum Gasteiger partial charge on any atom is -0.386 e. The molecule has 1 aromatic heterocycles. The second-order valence-corrected chi connectivity index (χ2v) is 4.12. The lowest BCUT2D eigenvalue weighted by molar-refractivity contribution is 0.104. The van der Waals surface area contributed by atoms with E-state index in [1.165, 1.54) is 0 Å². The van der Waals surface area contributed by atoms with Crippen molar-refractivity contribution in [3.8, 4) is 0 Å². The highest BCUT2D eigenvalue weighted by Gasteiger charge is 2.21. The van der Waals surface area contributed by atoms with Gasteiger partial charge in [-0.25, -0.2) is 0 Å². The van der Waals surface area contributed by atoms with Crippen LogP contribution in [-0.2, 0) is 7.05 Å². The molecule has 0 saturated heterocycles. The third-order valence-electron chi connectivity index (χ3n) is 2.50. The molecule has 0 aromatic carbocycles. The third kappa shape index (κ3) is 2.28. The van der Waals surface area contributed by atoms with Gasteiger partial charge < -0.3 is 5.11 Å². The summed E-state index contributed by atoms with van der Waals surface area (Å²) in [6, 6.07) is 0. The van der Waals surface area contributed by atoms with Crippen LogP contribution in [0.4, 0.5) is 0 Å². The Morgan fingerprint density at radius 2 is 2.29 bits per heavy atom. The Balaban J connectivity index is 2.82. The smallest absolute Gasteiger partial charge is 0.0997 e. The van der Waals surface area contributed by atoms with Crippen molar-refractivity contribution in [3.05, 3.63) is 16.9 Å². The Kier molecular flexibility index (Phi) is 3.96. The van der Waals surface area contributed by atoms with Gasteiger partial charge in [0.05, 0.1) is 23.0 Å². The van der Waals surface area contributed by atoms with Gasteiger partial charge in [0.25, 0.3) is 0 Å². The standard InChI is InChI=1S/C10H17ClN2O/c1-4-5-7(2)10(14)9-8(11)6-12-13(9)3/h6-7,10,14H,4-5H2,1-3H3. The minimum atomic E-state index is -0.519. The average Bonchev–Trinajstić information content (AvgIpc) is 2.46. The number of hydrogen-bond donors (Lipinski definition) is 1. The molecule has 0 spiro atoms. The van der Waals surface area contributed by atoms with Gasteiger partial charge in [0.1, 0.15) is 0 Å². The lowest BCUT2D eigenvalue weighted by Crippen LogP contribution is -2.13. The monoisotopic (exact) mass is 216 g/mol. The highest BCUT2D eigenvalue weighted by Crippen LogP contribution is 2.29. The molecule has 1 heterocycles. The van der Waals surface area contributed by atoms with E-state index in [4.69, 9.17) is 11.6 Å². The lowest BCUT2D eigenvalue weighted by atomic mass is 9.97. The van der Waals surface area contributed by atoms with Gasteiger partial charge in [-0.15, -0.1) is 0 Å². The summed E-state index contributed by atoms with van der Waals surface area (Å²) in [5, 5.41) is 14.6. The van der Waals surface area contributed by atoms with Crippen molar-refractivity contribution in [1.82, 2.24) is 9.78 Å². The maximum absolute atomic E-state index is 10.0. The zero-order valence-corrected chi connectivity index (χ0v) is 9.62. The number of aromatic nitrogens is 2. The molecule has 2 unspecified atom stereocenters. The van der Waals surface area contributed by atoms with Crippen molar-refractivity contribution in [3.63, 3.8) is 0 Å². The molecule has 0 amide bonds. The van der Waals surface area contributed by atoms with E-state index >= 15 is 0 Å². The van der Waals surface area contributed by atoms with Crippen molar-refractivity contribution in [2.24, 2.45) is 13.0 Å². The maximum Gasteiger partial charge on any atom is 0.0997 e. The predicted molar refractivity (Wildman–Crippen MR) is 57.2 cm³/mol. The minimum absolute atomic E-state index is 0.216. The van der Waals surface area contributed by atoms with Crippen molar-refractivity contribution in [2.75, 3.05) is 0 Å². The van der Waals surface area contributed by atoms with Crippen LogP contribution in [0, 0.1) is 5.92 Å². The largest absolute Gasteiger partial charge is 0.386 e. The SMILES string of the molecule is CCCC(C)C(O)c1c(Cl)cnn1C. The van der Waals surface area contributed by atoms with Crippen LogP contribution in [0.2, 0.25) is 5.02 Å². The topological polar surface area (TPSA) is 38.1 Å². The molecule has 14 heavy (non-hydrogen) atoms. The van der Waals surface area contributed by atoms with Crippen molar-refractivity contribution < 1.29 is 5.11 Å². The van der Waals surface area contributed by atoms with Crippen molar-refractivity contribution in [1.29, 1.82) is 0 Å². The van der Waals surface area contributed by atoms with Crippen molar-refractivity contribution in [2.45, 2.75) is 32.8 Å². The van der Waals surface area contributed by atoms with E-state index in [0.717, 1.165) is 12.8 Å². The Hall–Kier alpha value is -0.540. The third-order valence-corrected chi connectivity index (χ3v) is 2.79. The Bertz CT molecular complexity index is 279. The van der Waals surface area contributed by atoms with Gasteiger partial charge in [-0.2, -0.15) is 5.10 Å². The van der Waals surface area contributed by atoms with E-state index in [1.54, 1.807) is 17.9 Å². The van der Waals surface area contributed by atoms with Crippen LogP contribution in [0.5, 0.6) is 0 Å². The van der Waals surface area contributed by atoms with Crippen LogP contribution in [0.1, 0.15) is 38.5 Å². The molecule has 0 saturated carbocycles. The van der Waals surface area contributed by atoms with Gasteiger partial charge in [-0.05, 0) is 12.3 Å². The van der Waals surface area contributed by atoms with Gasteiger partial charge in [0.2, 0.25) is 0 Å². The highest BCUT2D eigenvalue weighted by molar-refractivity contribution is 6.31. The summed E-state index contributed by atoms with van der Waals surface area (Å²) in [4.78, 5) is 0. The van der Waals surface area contributed by atoms with E-state index in [9.17, 15) is 5.11 Å². The quantitative estimate of drug-likeness (QED) is 0.840. The number of aliphatic hydroxyl groups is 1. The molecule has 0 bridgehead atoms. The number of nitrogens with zero attached hydrogens (tertiary/aromatic N) is 2. The van der Waals surface area contributed by atoms with Gasteiger partial charge in [-0.3, -0.25) is 4.68 Å². The predicted octanol–water partition coefficient (Wildman–Crippen LogP) is 2.54. The lowest BCUT2D eigenvalue weighted by Gasteiger charge is -2.18. The van der Waals surface area contributed by atoms with Crippen LogP contribution in [0.25, 0.3) is 0 Å². The number of aliphatic hydroxyl groups excluding tert-OH is 1. The zero-order valence-electron chi connectivity index (χ0n) is 8.87. The van der Waals surface area contributed by atoms with E-state index < -0.39 is 6.10 Å². The first-order valence-electron chi connectivity index (χ1n) is 4.93. The van der Waals surface area contributed by atoms with Crippen molar-refractivity contribution >= 4 is 11.6 Å². The van der Waals surface area contributed by atoms with E-state index in [-0.39, 0.29) is 5.92 Å². The average molecular weight is 217 g/mol. The summed E-state index contributed by atoms with van der Waals surface area (Å²) in [7, 11) is 1.79. The van der Waals surface area contributed by atoms with Crippen LogP contribution >= 0.6 is 11.6 Å². The van der Waals surface area contributed by atoms with Crippen LogP contribution < -0.4 is 0 Å². The van der Waals surface area contributed by atoms with Gasteiger partial charge in [0.15, 0.2) is 0 Å². The summed E-state index contributed by atoms with van der Waals surface area (Å²) in [6.45, 7) is 4.13. The normalized spacial score (nSPS) is 15.5. The van der Waals surface area contributed by atoms with E-state index in [0.29, 0.717) is 10.7 Å². The number of halogens is 1. The number of rotatable bonds is 4. The summed E-state index contributed by atoms with van der Waals surface area (Å²) < 4.78 is 1.64. The van der Waals surface area contributed by atoms with Crippen LogP contribution in [0.15, 0.2) is 6.20 Å². The first kappa shape index (κ1) is 11.5. The highest BCUT2D eigenvalue weighted by atomic mass is 35.5. The molecule has 0 aliphatic rings. The zero-order chi connectivity index (χ0) is 10.7. The molecule has 1 N–H and O–H groups in total. The number of hydrogen-bond acceptors (Lipinski definition) is 2. The van der Waals surface area contributed by atoms with Gasteiger partial charge in [0, 0.05) is 7.05 Å². The summed E-state index contributed by atoms with van der Waals surface area (Å²) in [6.07, 6.45) is 3.10. The molecular formula is C10H17ClN2O. The molecule has 0 fully saturated rings. The molecule has 2 atom stereocenters.